The van der Waals surface area contributed by atoms with Crippen molar-refractivity contribution >= 4 is 0 Å². The van der Waals surface area contributed by atoms with Gasteiger partial charge in [0.1, 0.15) is 0 Å². The van der Waals surface area contributed by atoms with Gasteiger partial charge in [0.2, 0.25) is 0 Å². The van der Waals surface area contributed by atoms with E-state index in [0.717, 1.165) is 47.5 Å². The predicted octanol–water partition coefficient (Wildman–Crippen LogP) is 2.31. The van der Waals surface area contributed by atoms with Crippen molar-refractivity contribution in [3.05, 3.63) is 0 Å². The Morgan fingerprint density at radius 2 is 1.86 bits per heavy atom. The van der Waals surface area contributed by atoms with Gasteiger partial charge in [-0.15, -0.1) is 0 Å². The van der Waals surface area contributed by atoms with E-state index in [-0.39, 0.29) is 0 Å². The Balaban J connectivity index is 1.72. The maximum absolute atomic E-state index is 6.14. The van der Waals surface area contributed by atoms with Crippen LogP contribution >= 0.6 is 0 Å². The van der Waals surface area contributed by atoms with Crippen molar-refractivity contribution in [2.45, 2.75) is 38.4 Å². The van der Waals surface area contributed by atoms with Crippen LogP contribution < -0.4 is 0 Å². The van der Waals surface area contributed by atoms with Crippen molar-refractivity contribution in [1.29, 1.82) is 0 Å². The van der Waals surface area contributed by atoms with Gasteiger partial charge in [-0.05, 0) is 54.8 Å². The van der Waals surface area contributed by atoms with E-state index in [9.17, 15) is 0 Å². The minimum absolute atomic E-state index is 0.714. The number of ether oxygens (including phenoxy) is 1. The molecule has 0 aromatic rings. The maximum Gasteiger partial charge on any atom is 0.0668 e. The van der Waals surface area contributed by atoms with Crippen LogP contribution in [0.4, 0.5) is 0 Å². The molecule has 0 N–H and O–H groups in total. The van der Waals surface area contributed by atoms with Crippen LogP contribution in [0.5, 0.6) is 0 Å². The highest BCUT2D eigenvalue weighted by molar-refractivity contribution is 5.19. The number of hydrogen-bond acceptors (Lipinski definition) is 1. The third kappa shape index (κ3) is 0.532. The van der Waals surface area contributed by atoms with Gasteiger partial charge in [-0.2, -0.15) is 0 Å². The van der Waals surface area contributed by atoms with Crippen molar-refractivity contribution < 1.29 is 4.74 Å². The van der Waals surface area contributed by atoms with Gasteiger partial charge in [-0.1, -0.05) is 6.92 Å². The van der Waals surface area contributed by atoms with Gasteiger partial charge in [0.05, 0.1) is 12.2 Å². The molecule has 0 spiro atoms. The number of hydrogen-bond donors (Lipinski definition) is 0. The molecule has 0 aromatic heterocycles. The van der Waals surface area contributed by atoms with Gasteiger partial charge in [0.15, 0.2) is 0 Å². The second kappa shape index (κ2) is 1.93. The largest absolute Gasteiger partial charge is 0.374 e. The van der Waals surface area contributed by atoms with Crippen LogP contribution in [0.3, 0.4) is 0 Å². The number of fused-ring (bicyclic) bond motifs is 3. The quantitative estimate of drug-likeness (QED) is 0.569. The average molecular weight is 190 g/mol. The van der Waals surface area contributed by atoms with Crippen LogP contribution in [0.15, 0.2) is 0 Å². The van der Waals surface area contributed by atoms with Gasteiger partial charge in [0.25, 0.3) is 0 Å². The lowest BCUT2D eigenvalue weighted by molar-refractivity contribution is -0.215. The van der Waals surface area contributed by atoms with Crippen molar-refractivity contribution in [3.63, 3.8) is 0 Å². The molecule has 0 aromatic carbocycles. The Labute approximate surface area is 85.2 Å². The summed E-state index contributed by atoms with van der Waals surface area (Å²) in [5, 5.41) is 0. The number of rotatable bonds is 0. The molecule has 1 nitrogen and oxygen atoms in total. The molecule has 0 amide bonds. The van der Waals surface area contributed by atoms with E-state index in [0.29, 0.717) is 6.10 Å². The van der Waals surface area contributed by atoms with Crippen LogP contribution in [0.2, 0.25) is 0 Å². The molecule has 1 saturated heterocycles. The fraction of sp³-hybridized carbons (Fsp3) is 1.00. The minimum Gasteiger partial charge on any atom is -0.374 e. The third-order valence-electron chi connectivity index (χ3n) is 6.46. The first-order valence-corrected chi connectivity index (χ1v) is 6.50. The monoisotopic (exact) mass is 190 g/mol. The zero-order valence-electron chi connectivity index (χ0n) is 8.73. The van der Waals surface area contributed by atoms with Crippen LogP contribution in [0.25, 0.3) is 0 Å². The SMILES string of the molecule is CC1CC2C3CC4OC5C4C(C3)C2C15. The zero-order valence-corrected chi connectivity index (χ0v) is 8.73. The van der Waals surface area contributed by atoms with E-state index in [1.54, 1.807) is 6.42 Å². The first-order valence-electron chi connectivity index (χ1n) is 6.50. The lowest BCUT2D eigenvalue weighted by Gasteiger charge is -2.49. The second-order valence-corrected chi connectivity index (χ2v) is 6.64. The van der Waals surface area contributed by atoms with Crippen LogP contribution in [0.1, 0.15) is 26.2 Å². The molecule has 9 unspecified atom stereocenters. The summed E-state index contributed by atoms with van der Waals surface area (Å²) in [6.45, 7) is 2.49. The molecule has 14 heavy (non-hydrogen) atoms. The van der Waals surface area contributed by atoms with E-state index in [4.69, 9.17) is 4.74 Å². The van der Waals surface area contributed by atoms with Crippen molar-refractivity contribution in [2.75, 3.05) is 0 Å². The summed E-state index contributed by atoms with van der Waals surface area (Å²) in [6.07, 6.45) is 5.98. The molecular formula is C13H18O. The van der Waals surface area contributed by atoms with Crippen LogP contribution in [-0.2, 0) is 4.74 Å². The van der Waals surface area contributed by atoms with Gasteiger partial charge in [-0.3, -0.25) is 0 Å². The van der Waals surface area contributed by atoms with E-state index >= 15 is 0 Å². The summed E-state index contributed by atoms with van der Waals surface area (Å²) in [5.74, 6) is 7.39. The van der Waals surface area contributed by atoms with Crippen molar-refractivity contribution in [2.24, 2.45) is 41.4 Å². The van der Waals surface area contributed by atoms with Gasteiger partial charge in [0, 0.05) is 5.92 Å². The normalized spacial score (nSPS) is 76.5. The standard InChI is InChI=1S/C13H18O/c1-5-2-7-6-3-8-11(7)10(5)13-12(8)9(4-6)14-13/h5-13H,2-4H2,1H3. The molecule has 4 saturated carbocycles. The lowest BCUT2D eigenvalue weighted by atomic mass is 9.73. The van der Waals surface area contributed by atoms with Gasteiger partial charge in [-0.25, -0.2) is 0 Å². The molecule has 5 fully saturated rings. The summed E-state index contributed by atoms with van der Waals surface area (Å²) in [4.78, 5) is 0. The van der Waals surface area contributed by atoms with Crippen LogP contribution in [0, 0.1) is 41.4 Å². The Morgan fingerprint density at radius 1 is 0.929 bits per heavy atom. The topological polar surface area (TPSA) is 9.23 Å². The van der Waals surface area contributed by atoms with Crippen molar-refractivity contribution in [3.8, 4) is 0 Å². The smallest absolute Gasteiger partial charge is 0.0668 e. The lowest BCUT2D eigenvalue weighted by Crippen LogP contribution is -2.53. The molecule has 1 heteroatoms. The molecule has 76 valence electrons. The first kappa shape index (κ1) is 7.27. The Bertz CT molecular complexity index is 308. The molecule has 1 aliphatic heterocycles. The summed E-state index contributed by atoms with van der Waals surface area (Å²) in [6, 6.07) is 0. The van der Waals surface area contributed by atoms with E-state index in [1.165, 1.54) is 12.8 Å². The Kier molecular flexibility index (Phi) is 1.00. The van der Waals surface area contributed by atoms with Crippen LogP contribution in [-0.4, -0.2) is 12.2 Å². The van der Waals surface area contributed by atoms with E-state index in [2.05, 4.69) is 6.92 Å². The van der Waals surface area contributed by atoms with Gasteiger partial charge >= 0.3 is 0 Å². The molecule has 4 aliphatic carbocycles. The molecule has 5 rings (SSSR count). The minimum atomic E-state index is 0.714. The highest BCUT2D eigenvalue weighted by atomic mass is 16.5. The fourth-order valence-corrected chi connectivity index (χ4v) is 6.31. The fourth-order valence-electron chi connectivity index (χ4n) is 6.31. The summed E-state index contributed by atoms with van der Waals surface area (Å²) in [5.41, 5.74) is 0. The average Bonchev–Trinajstić information content (AvgIpc) is 2.66. The molecule has 5 aliphatic rings. The van der Waals surface area contributed by atoms with Crippen molar-refractivity contribution in [1.82, 2.24) is 0 Å². The van der Waals surface area contributed by atoms with E-state index < -0.39 is 0 Å². The summed E-state index contributed by atoms with van der Waals surface area (Å²) < 4.78 is 6.14. The molecule has 9 atom stereocenters. The van der Waals surface area contributed by atoms with E-state index in [1.807, 2.05) is 0 Å². The Morgan fingerprint density at radius 3 is 2.79 bits per heavy atom. The molecule has 2 bridgehead atoms. The highest BCUT2D eigenvalue weighted by Gasteiger charge is 2.72. The second-order valence-electron chi connectivity index (χ2n) is 6.64. The highest BCUT2D eigenvalue weighted by Crippen LogP contribution is 2.72. The molecule has 0 radical (unpaired) electrons. The first-order chi connectivity index (χ1) is 6.84. The Hall–Kier alpha value is -0.0400. The molecular weight excluding hydrogens is 172 g/mol. The van der Waals surface area contributed by atoms with Gasteiger partial charge < -0.3 is 4.74 Å². The summed E-state index contributed by atoms with van der Waals surface area (Å²) in [7, 11) is 0. The maximum atomic E-state index is 6.14. The summed E-state index contributed by atoms with van der Waals surface area (Å²) >= 11 is 0. The third-order valence-corrected chi connectivity index (χ3v) is 6.46. The zero-order chi connectivity index (χ0) is 9.02. The predicted molar refractivity (Wildman–Crippen MR) is 52.6 cm³/mol. The molecule has 1 heterocycles.